The Kier molecular flexibility index (Phi) is 4.95. The first-order valence-corrected chi connectivity index (χ1v) is 7.33. The van der Waals surface area contributed by atoms with Crippen molar-refractivity contribution in [1.82, 2.24) is 0 Å². The monoisotopic (exact) mass is 408 g/mol. The maximum absolute atomic E-state index is 10.5. The molecule has 0 saturated heterocycles. The van der Waals surface area contributed by atoms with Gasteiger partial charge in [-0.15, -0.1) is 0 Å². The van der Waals surface area contributed by atoms with Gasteiger partial charge >= 0.3 is 0 Å². The topological polar surface area (TPSA) is 29.5 Å². The second-order valence-electron chi connectivity index (χ2n) is 3.93. The van der Waals surface area contributed by atoms with Gasteiger partial charge in [0.05, 0.1) is 17.2 Å². The predicted molar refractivity (Wildman–Crippen MR) is 86.2 cm³/mol. The molecule has 0 spiro atoms. The van der Waals surface area contributed by atoms with Crippen molar-refractivity contribution in [3.63, 3.8) is 0 Å². The third-order valence-corrected chi connectivity index (χ3v) is 4.37. The molecule has 100 valence electrons. The molecular formula is C14H11Cl2IO2. The molecule has 2 aromatic carbocycles. The number of hydrogen-bond donors (Lipinski definition) is 1. The summed E-state index contributed by atoms with van der Waals surface area (Å²) in [6.07, 6.45) is -0.816. The minimum absolute atomic E-state index is 0.423. The molecule has 2 nitrogen and oxygen atoms in total. The Morgan fingerprint density at radius 3 is 2.42 bits per heavy atom. The van der Waals surface area contributed by atoms with Crippen molar-refractivity contribution in [2.75, 3.05) is 7.11 Å². The highest BCUT2D eigenvalue weighted by Crippen LogP contribution is 2.37. The average molecular weight is 409 g/mol. The number of methoxy groups -OCH3 is 1. The van der Waals surface area contributed by atoms with Gasteiger partial charge in [-0.3, -0.25) is 0 Å². The zero-order chi connectivity index (χ0) is 14.0. The second kappa shape index (κ2) is 6.31. The van der Waals surface area contributed by atoms with Crippen molar-refractivity contribution in [2.45, 2.75) is 6.10 Å². The summed E-state index contributed by atoms with van der Waals surface area (Å²) in [7, 11) is 1.52. The van der Waals surface area contributed by atoms with Gasteiger partial charge in [0.15, 0.2) is 0 Å². The van der Waals surface area contributed by atoms with E-state index in [1.54, 1.807) is 12.1 Å². The van der Waals surface area contributed by atoms with Crippen molar-refractivity contribution in [2.24, 2.45) is 0 Å². The molecule has 5 heteroatoms. The third kappa shape index (κ3) is 3.16. The molecule has 0 radical (unpaired) electrons. The van der Waals surface area contributed by atoms with E-state index in [1.807, 2.05) is 24.3 Å². The number of aliphatic hydroxyl groups excluding tert-OH is 1. The van der Waals surface area contributed by atoms with Crippen LogP contribution in [0.15, 0.2) is 36.4 Å². The number of hydrogen-bond acceptors (Lipinski definition) is 2. The van der Waals surface area contributed by atoms with Crippen LogP contribution in [0.4, 0.5) is 0 Å². The zero-order valence-corrected chi connectivity index (χ0v) is 13.7. The Hall–Kier alpha value is -0.490. The summed E-state index contributed by atoms with van der Waals surface area (Å²) < 4.78 is 6.06. The van der Waals surface area contributed by atoms with Crippen molar-refractivity contribution in [1.29, 1.82) is 0 Å². The van der Waals surface area contributed by atoms with Crippen LogP contribution in [-0.4, -0.2) is 12.2 Å². The van der Waals surface area contributed by atoms with Gasteiger partial charge in [-0.1, -0.05) is 41.4 Å². The fourth-order valence-corrected chi connectivity index (χ4v) is 2.96. The van der Waals surface area contributed by atoms with Gasteiger partial charge in [-0.25, -0.2) is 0 Å². The highest BCUT2D eigenvalue weighted by atomic mass is 127. The summed E-state index contributed by atoms with van der Waals surface area (Å²) in [5.41, 5.74) is 1.36. The molecule has 19 heavy (non-hydrogen) atoms. The number of halogens is 3. The molecule has 0 amide bonds. The molecule has 1 atom stereocenters. The Labute approximate surface area is 135 Å². The maximum atomic E-state index is 10.5. The summed E-state index contributed by atoms with van der Waals surface area (Å²) in [6, 6.07) is 10.8. The smallest absolute Gasteiger partial charge is 0.138 e. The first-order chi connectivity index (χ1) is 9.04. The Bertz CT molecular complexity index is 602. The van der Waals surface area contributed by atoms with Crippen LogP contribution in [0.3, 0.4) is 0 Å². The van der Waals surface area contributed by atoms with Crippen LogP contribution in [0.1, 0.15) is 17.2 Å². The van der Waals surface area contributed by atoms with E-state index in [-0.39, 0.29) is 0 Å². The quantitative estimate of drug-likeness (QED) is 0.746. The fourth-order valence-electron chi connectivity index (χ4n) is 1.77. The number of benzene rings is 2. The summed E-state index contributed by atoms with van der Waals surface area (Å²) in [4.78, 5) is 0. The van der Waals surface area contributed by atoms with E-state index >= 15 is 0 Å². The van der Waals surface area contributed by atoms with Gasteiger partial charge in [0.1, 0.15) is 11.9 Å². The molecular weight excluding hydrogens is 398 g/mol. The molecule has 0 fully saturated rings. The molecule has 0 bridgehead atoms. The highest BCUT2D eigenvalue weighted by Gasteiger charge is 2.18. The molecule has 2 rings (SSSR count). The van der Waals surface area contributed by atoms with E-state index in [1.165, 1.54) is 7.11 Å². The fraction of sp³-hybridized carbons (Fsp3) is 0.143. The number of rotatable bonds is 3. The summed E-state index contributed by atoms with van der Waals surface area (Å²) >= 11 is 14.4. The first-order valence-electron chi connectivity index (χ1n) is 5.50. The third-order valence-electron chi connectivity index (χ3n) is 2.77. The van der Waals surface area contributed by atoms with Crippen LogP contribution in [0.5, 0.6) is 5.75 Å². The average Bonchev–Trinajstić information content (AvgIpc) is 2.40. The Balaban J connectivity index is 2.48. The predicted octanol–water partition coefficient (Wildman–Crippen LogP) is 4.69. The van der Waals surface area contributed by atoms with Gasteiger partial charge in [0, 0.05) is 15.2 Å². The molecule has 0 aromatic heterocycles. The van der Waals surface area contributed by atoms with Gasteiger partial charge in [0.25, 0.3) is 0 Å². The first kappa shape index (κ1) is 14.9. The van der Waals surface area contributed by atoms with E-state index in [9.17, 15) is 5.11 Å². The van der Waals surface area contributed by atoms with Crippen LogP contribution >= 0.6 is 45.8 Å². The van der Waals surface area contributed by atoms with Crippen molar-refractivity contribution in [3.05, 3.63) is 61.1 Å². The van der Waals surface area contributed by atoms with E-state index in [4.69, 9.17) is 27.9 Å². The van der Waals surface area contributed by atoms with Crippen molar-refractivity contribution in [3.8, 4) is 5.75 Å². The van der Waals surface area contributed by atoms with Gasteiger partial charge < -0.3 is 9.84 Å². The van der Waals surface area contributed by atoms with Gasteiger partial charge in [-0.2, -0.15) is 0 Å². The largest absolute Gasteiger partial charge is 0.495 e. The standard InChI is InChI=1S/C14H11Cl2IO2/c1-19-13-7-10(15)9(6-11(13)16)14(18)8-4-2-3-5-12(8)17/h2-7,14,18H,1H3. The van der Waals surface area contributed by atoms with Crippen LogP contribution in [-0.2, 0) is 0 Å². The van der Waals surface area contributed by atoms with Crippen LogP contribution in [0.2, 0.25) is 10.0 Å². The van der Waals surface area contributed by atoms with Crippen LogP contribution in [0.25, 0.3) is 0 Å². The summed E-state index contributed by atoms with van der Waals surface area (Å²) in [6.45, 7) is 0. The normalized spacial score (nSPS) is 12.3. The molecule has 0 aliphatic carbocycles. The van der Waals surface area contributed by atoms with E-state index in [0.717, 1.165) is 9.13 Å². The molecule has 0 aliphatic heterocycles. The lowest BCUT2D eigenvalue weighted by Gasteiger charge is -2.16. The Morgan fingerprint density at radius 2 is 1.79 bits per heavy atom. The van der Waals surface area contributed by atoms with Crippen molar-refractivity contribution < 1.29 is 9.84 Å². The molecule has 2 aromatic rings. The lowest BCUT2D eigenvalue weighted by Crippen LogP contribution is -2.03. The molecule has 0 aliphatic rings. The number of aliphatic hydroxyl groups is 1. The SMILES string of the molecule is COc1cc(Cl)c(C(O)c2ccccc2I)cc1Cl. The van der Waals surface area contributed by atoms with Gasteiger partial charge in [-0.05, 0) is 40.3 Å². The molecule has 0 saturated carbocycles. The van der Waals surface area contributed by atoms with E-state index in [0.29, 0.717) is 21.4 Å². The summed E-state index contributed by atoms with van der Waals surface area (Å²) in [5, 5.41) is 11.3. The van der Waals surface area contributed by atoms with Crippen molar-refractivity contribution >= 4 is 45.8 Å². The van der Waals surface area contributed by atoms with E-state index < -0.39 is 6.10 Å². The lowest BCUT2D eigenvalue weighted by atomic mass is 10.0. The minimum atomic E-state index is -0.816. The van der Waals surface area contributed by atoms with Gasteiger partial charge in [0.2, 0.25) is 0 Å². The minimum Gasteiger partial charge on any atom is -0.495 e. The molecule has 1 N–H and O–H groups in total. The zero-order valence-electron chi connectivity index (χ0n) is 10.0. The second-order valence-corrected chi connectivity index (χ2v) is 5.91. The lowest BCUT2D eigenvalue weighted by molar-refractivity contribution is 0.219. The van der Waals surface area contributed by atoms with Crippen LogP contribution < -0.4 is 4.74 Å². The highest BCUT2D eigenvalue weighted by molar-refractivity contribution is 14.1. The van der Waals surface area contributed by atoms with E-state index in [2.05, 4.69) is 22.6 Å². The molecule has 0 heterocycles. The maximum Gasteiger partial charge on any atom is 0.138 e. The van der Waals surface area contributed by atoms with Crippen LogP contribution in [0, 0.1) is 3.57 Å². The molecule has 1 unspecified atom stereocenters. The summed E-state index contributed by atoms with van der Waals surface area (Å²) in [5.74, 6) is 0.491. The Morgan fingerprint density at radius 1 is 1.11 bits per heavy atom. The number of ether oxygens (including phenoxy) is 1.